The Morgan fingerprint density at radius 1 is 1.30 bits per heavy atom. The fraction of sp³-hybridized carbons (Fsp3) is 0. The number of phenolic OH excluding ortho intramolecular Hbond substituents is 2. The molecule has 3 N–H and O–H groups in total. The highest BCUT2D eigenvalue weighted by Crippen LogP contribution is 2.20. The Morgan fingerprint density at radius 3 is 2.70 bits per heavy atom. The summed E-state index contributed by atoms with van der Waals surface area (Å²) >= 11 is 0. The standard InChI is InChI=1S/C12H10N4O4/c17-10-3-1-8(11(18)5-10)6-14-15-12-4-2-9(7-13-12)16(19)20/h1-7,17-18H,(H,13,15)/b14-6+. The van der Waals surface area contributed by atoms with Crippen molar-refractivity contribution in [2.24, 2.45) is 5.10 Å². The lowest BCUT2D eigenvalue weighted by Crippen LogP contribution is -1.95. The molecule has 20 heavy (non-hydrogen) atoms. The SMILES string of the molecule is O=[N+]([O-])c1ccc(N/N=C/c2ccc(O)cc2O)nc1. The van der Waals surface area contributed by atoms with Crippen LogP contribution in [0.4, 0.5) is 11.5 Å². The van der Waals surface area contributed by atoms with E-state index in [1.807, 2.05) is 0 Å². The van der Waals surface area contributed by atoms with Gasteiger partial charge in [-0.05, 0) is 18.2 Å². The van der Waals surface area contributed by atoms with Crippen LogP contribution in [0, 0.1) is 10.1 Å². The van der Waals surface area contributed by atoms with Gasteiger partial charge in [0.1, 0.15) is 23.5 Å². The van der Waals surface area contributed by atoms with Gasteiger partial charge in [0.25, 0.3) is 5.69 Å². The summed E-state index contributed by atoms with van der Waals surface area (Å²) in [6, 6.07) is 6.78. The maximum absolute atomic E-state index is 10.4. The summed E-state index contributed by atoms with van der Waals surface area (Å²) in [4.78, 5) is 13.7. The lowest BCUT2D eigenvalue weighted by atomic mass is 10.2. The van der Waals surface area contributed by atoms with Crippen molar-refractivity contribution in [1.29, 1.82) is 0 Å². The maximum atomic E-state index is 10.4. The number of hydrazone groups is 1. The number of hydrogen-bond donors (Lipinski definition) is 3. The molecule has 1 aromatic heterocycles. The van der Waals surface area contributed by atoms with Crippen LogP contribution in [0.2, 0.25) is 0 Å². The molecule has 2 rings (SSSR count). The predicted octanol–water partition coefficient (Wildman–Crippen LogP) is 1.85. The van der Waals surface area contributed by atoms with Gasteiger partial charge in [0.2, 0.25) is 0 Å². The Morgan fingerprint density at radius 2 is 2.10 bits per heavy atom. The number of pyridine rings is 1. The molecule has 0 fully saturated rings. The third-order valence-corrected chi connectivity index (χ3v) is 2.36. The van der Waals surface area contributed by atoms with Gasteiger partial charge in [0, 0.05) is 17.7 Å². The molecule has 1 heterocycles. The fourth-order valence-corrected chi connectivity index (χ4v) is 1.37. The van der Waals surface area contributed by atoms with Gasteiger partial charge in [0.05, 0.1) is 11.1 Å². The van der Waals surface area contributed by atoms with Crippen LogP contribution in [0.3, 0.4) is 0 Å². The molecule has 0 saturated heterocycles. The Hall–Kier alpha value is -3.16. The number of phenols is 2. The van der Waals surface area contributed by atoms with Crippen molar-refractivity contribution in [1.82, 2.24) is 4.98 Å². The molecular weight excluding hydrogens is 264 g/mol. The molecule has 0 unspecified atom stereocenters. The highest BCUT2D eigenvalue weighted by Gasteiger charge is 2.04. The molecule has 2 aromatic rings. The maximum Gasteiger partial charge on any atom is 0.287 e. The molecule has 0 spiro atoms. The number of rotatable bonds is 4. The molecule has 0 aliphatic heterocycles. The van der Waals surface area contributed by atoms with Crippen molar-refractivity contribution in [3.8, 4) is 11.5 Å². The molecule has 0 bridgehead atoms. The van der Waals surface area contributed by atoms with Crippen LogP contribution in [0.25, 0.3) is 0 Å². The van der Waals surface area contributed by atoms with E-state index in [1.54, 1.807) is 0 Å². The lowest BCUT2D eigenvalue weighted by Gasteiger charge is -2.00. The van der Waals surface area contributed by atoms with Crippen LogP contribution in [0.15, 0.2) is 41.6 Å². The van der Waals surface area contributed by atoms with Crippen molar-refractivity contribution >= 4 is 17.7 Å². The predicted molar refractivity (Wildman–Crippen MR) is 71.9 cm³/mol. The lowest BCUT2D eigenvalue weighted by molar-refractivity contribution is -0.385. The molecular formula is C12H10N4O4. The zero-order valence-electron chi connectivity index (χ0n) is 10.1. The Labute approximate surface area is 113 Å². The highest BCUT2D eigenvalue weighted by atomic mass is 16.6. The normalized spacial score (nSPS) is 10.6. The summed E-state index contributed by atoms with van der Waals surface area (Å²) in [6.45, 7) is 0. The quantitative estimate of drug-likeness (QED) is 0.444. The van der Waals surface area contributed by atoms with Crippen LogP contribution in [-0.2, 0) is 0 Å². The second-order valence-corrected chi connectivity index (χ2v) is 3.77. The van der Waals surface area contributed by atoms with Crippen LogP contribution in [0.1, 0.15) is 5.56 Å². The molecule has 0 radical (unpaired) electrons. The van der Waals surface area contributed by atoms with Crippen molar-refractivity contribution in [2.45, 2.75) is 0 Å². The average Bonchev–Trinajstić information content (AvgIpc) is 2.42. The first-order valence-electron chi connectivity index (χ1n) is 5.48. The van der Waals surface area contributed by atoms with Crippen molar-refractivity contribution in [3.63, 3.8) is 0 Å². The van der Waals surface area contributed by atoms with E-state index in [0.29, 0.717) is 11.4 Å². The summed E-state index contributed by atoms with van der Waals surface area (Å²) in [5.74, 6) is 0.155. The first-order valence-corrected chi connectivity index (χ1v) is 5.48. The summed E-state index contributed by atoms with van der Waals surface area (Å²) < 4.78 is 0. The molecule has 8 nitrogen and oxygen atoms in total. The zero-order chi connectivity index (χ0) is 14.5. The second kappa shape index (κ2) is 5.65. The van der Waals surface area contributed by atoms with Crippen molar-refractivity contribution in [3.05, 3.63) is 52.2 Å². The Bertz CT molecular complexity index is 655. The Balaban J connectivity index is 2.04. The van der Waals surface area contributed by atoms with Gasteiger partial charge in [-0.3, -0.25) is 15.5 Å². The van der Waals surface area contributed by atoms with Gasteiger partial charge in [-0.25, -0.2) is 4.98 Å². The fourth-order valence-electron chi connectivity index (χ4n) is 1.37. The molecule has 0 saturated carbocycles. The second-order valence-electron chi connectivity index (χ2n) is 3.77. The van der Waals surface area contributed by atoms with Gasteiger partial charge >= 0.3 is 0 Å². The molecule has 0 aliphatic rings. The monoisotopic (exact) mass is 274 g/mol. The van der Waals surface area contributed by atoms with Crippen LogP contribution < -0.4 is 5.43 Å². The molecule has 8 heteroatoms. The number of aromatic nitrogens is 1. The summed E-state index contributed by atoms with van der Waals surface area (Å²) in [6.07, 6.45) is 2.44. The smallest absolute Gasteiger partial charge is 0.287 e. The van der Waals surface area contributed by atoms with E-state index in [-0.39, 0.29) is 17.2 Å². The minimum absolute atomic E-state index is 0.0513. The van der Waals surface area contributed by atoms with Gasteiger partial charge in [-0.1, -0.05) is 0 Å². The number of nitro groups is 1. The molecule has 102 valence electrons. The van der Waals surface area contributed by atoms with Crippen molar-refractivity contribution in [2.75, 3.05) is 5.43 Å². The minimum Gasteiger partial charge on any atom is -0.508 e. The largest absolute Gasteiger partial charge is 0.508 e. The minimum atomic E-state index is -0.547. The summed E-state index contributed by atoms with van der Waals surface area (Å²) in [5.41, 5.74) is 2.85. The van der Waals surface area contributed by atoms with E-state index in [1.165, 1.54) is 36.5 Å². The molecule has 0 amide bonds. The first kappa shape index (κ1) is 13.3. The third kappa shape index (κ3) is 3.19. The van der Waals surface area contributed by atoms with E-state index in [4.69, 9.17) is 5.11 Å². The number of nitrogens with one attached hydrogen (secondary N) is 1. The number of nitrogens with zero attached hydrogens (tertiary/aromatic N) is 3. The van der Waals surface area contributed by atoms with Gasteiger partial charge < -0.3 is 10.2 Å². The molecule has 1 aromatic carbocycles. The van der Waals surface area contributed by atoms with Crippen LogP contribution >= 0.6 is 0 Å². The third-order valence-electron chi connectivity index (χ3n) is 2.36. The Kier molecular flexibility index (Phi) is 3.75. The van der Waals surface area contributed by atoms with Gasteiger partial charge in [-0.2, -0.15) is 5.10 Å². The number of aromatic hydroxyl groups is 2. The van der Waals surface area contributed by atoms with Crippen molar-refractivity contribution < 1.29 is 15.1 Å². The number of anilines is 1. The van der Waals surface area contributed by atoms with E-state index in [9.17, 15) is 15.2 Å². The van der Waals surface area contributed by atoms with E-state index < -0.39 is 4.92 Å². The number of hydrogen-bond acceptors (Lipinski definition) is 7. The average molecular weight is 274 g/mol. The molecule has 0 aliphatic carbocycles. The topological polar surface area (TPSA) is 121 Å². The number of benzene rings is 1. The van der Waals surface area contributed by atoms with Crippen LogP contribution in [-0.4, -0.2) is 26.3 Å². The first-order chi connectivity index (χ1) is 9.56. The molecule has 0 atom stereocenters. The van der Waals surface area contributed by atoms with E-state index in [0.717, 1.165) is 6.20 Å². The summed E-state index contributed by atoms with van der Waals surface area (Å²) in [5, 5.41) is 32.9. The zero-order valence-corrected chi connectivity index (χ0v) is 10.1. The van der Waals surface area contributed by atoms with E-state index >= 15 is 0 Å². The van der Waals surface area contributed by atoms with Crippen LogP contribution in [0.5, 0.6) is 11.5 Å². The van der Waals surface area contributed by atoms with E-state index in [2.05, 4.69) is 15.5 Å². The highest BCUT2D eigenvalue weighted by molar-refractivity contribution is 5.84. The summed E-state index contributed by atoms with van der Waals surface area (Å²) in [7, 11) is 0. The van der Waals surface area contributed by atoms with Gasteiger partial charge in [0.15, 0.2) is 0 Å². The van der Waals surface area contributed by atoms with Gasteiger partial charge in [-0.15, -0.1) is 0 Å².